The molecule has 3 rings (SSSR count). The second-order valence-electron chi connectivity index (χ2n) is 6.59. The Morgan fingerprint density at radius 3 is 2.65 bits per heavy atom. The number of fused-ring (bicyclic) bond motifs is 1. The lowest BCUT2D eigenvalue weighted by Crippen LogP contribution is -2.45. The Labute approximate surface area is 135 Å². The van der Waals surface area contributed by atoms with E-state index >= 15 is 0 Å². The first-order valence-corrected chi connectivity index (χ1v) is 8.26. The molecule has 23 heavy (non-hydrogen) atoms. The monoisotopic (exact) mass is 316 g/mol. The van der Waals surface area contributed by atoms with Crippen molar-refractivity contribution in [1.29, 1.82) is 0 Å². The van der Waals surface area contributed by atoms with E-state index in [1.807, 2.05) is 36.9 Å². The summed E-state index contributed by atoms with van der Waals surface area (Å²) < 4.78 is 0. The number of carbonyl (C=O) groups excluding carboxylic acids is 1. The predicted molar refractivity (Wildman–Crippen MR) is 90.2 cm³/mol. The maximum Gasteiger partial charge on any atom is 0.323 e. The molecule has 1 aliphatic rings. The zero-order valence-corrected chi connectivity index (χ0v) is 13.7. The van der Waals surface area contributed by atoms with E-state index in [9.17, 15) is 9.59 Å². The highest BCUT2D eigenvalue weighted by atomic mass is 16.2. The van der Waals surface area contributed by atoms with E-state index in [4.69, 9.17) is 0 Å². The quantitative estimate of drug-likeness (QED) is 0.801. The van der Waals surface area contributed by atoms with Crippen LogP contribution in [0.3, 0.4) is 0 Å². The Morgan fingerprint density at radius 2 is 1.96 bits per heavy atom. The zero-order chi connectivity index (χ0) is 16.4. The third-order valence-corrected chi connectivity index (χ3v) is 4.48. The fourth-order valence-corrected chi connectivity index (χ4v) is 3.12. The molecule has 1 aromatic heterocycles. The van der Waals surface area contributed by atoms with E-state index in [2.05, 4.69) is 15.3 Å². The molecular formula is C17H24N4O2. The highest BCUT2D eigenvalue weighted by Gasteiger charge is 2.23. The minimum absolute atomic E-state index is 0.0785. The number of likely N-dealkylation sites (tertiary alicyclic amines) is 1. The van der Waals surface area contributed by atoms with Gasteiger partial charge in [-0.2, -0.15) is 0 Å². The van der Waals surface area contributed by atoms with Crippen molar-refractivity contribution in [1.82, 2.24) is 20.2 Å². The third-order valence-electron chi connectivity index (χ3n) is 4.48. The van der Waals surface area contributed by atoms with Crippen LogP contribution in [0.15, 0.2) is 23.0 Å². The van der Waals surface area contributed by atoms with Gasteiger partial charge in [0.05, 0.1) is 11.0 Å². The van der Waals surface area contributed by atoms with Crippen LogP contribution in [0.1, 0.15) is 32.3 Å². The lowest BCUT2D eigenvalue weighted by Gasteiger charge is -2.33. The fourth-order valence-electron chi connectivity index (χ4n) is 3.12. The first-order chi connectivity index (χ1) is 11.0. The molecule has 2 aromatic rings. The molecule has 2 heterocycles. The number of piperidine rings is 1. The normalized spacial score (nSPS) is 16.4. The summed E-state index contributed by atoms with van der Waals surface area (Å²) >= 11 is 0. The number of amides is 1. The molecule has 0 radical (unpaired) electrons. The van der Waals surface area contributed by atoms with Crippen molar-refractivity contribution in [3.63, 3.8) is 0 Å². The molecule has 0 atom stereocenters. The van der Waals surface area contributed by atoms with Crippen LogP contribution in [0.25, 0.3) is 11.0 Å². The van der Waals surface area contributed by atoms with Crippen LogP contribution in [-0.2, 0) is 11.3 Å². The molecule has 1 aliphatic heterocycles. The van der Waals surface area contributed by atoms with Gasteiger partial charge in [-0.15, -0.1) is 0 Å². The first kappa shape index (κ1) is 15.8. The summed E-state index contributed by atoms with van der Waals surface area (Å²) in [7, 11) is 0. The Balaban J connectivity index is 1.52. The van der Waals surface area contributed by atoms with E-state index in [0.717, 1.165) is 49.1 Å². The summed E-state index contributed by atoms with van der Waals surface area (Å²) in [6, 6.07) is 6.38. The average molecular weight is 316 g/mol. The molecule has 1 fully saturated rings. The molecule has 1 saturated heterocycles. The topological polar surface area (TPSA) is 81.0 Å². The maximum absolute atomic E-state index is 12.0. The summed E-state index contributed by atoms with van der Waals surface area (Å²) in [5, 5.41) is 3.56. The minimum atomic E-state index is -0.174. The number of nitrogens with zero attached hydrogens (tertiary/aromatic N) is 1. The number of imidazole rings is 1. The van der Waals surface area contributed by atoms with Gasteiger partial charge >= 0.3 is 5.69 Å². The van der Waals surface area contributed by atoms with Crippen molar-refractivity contribution in [2.45, 2.75) is 39.3 Å². The average Bonchev–Trinajstić information content (AvgIpc) is 2.92. The molecule has 124 valence electrons. The third kappa shape index (κ3) is 3.64. The lowest BCUT2D eigenvalue weighted by molar-refractivity contribution is -0.135. The van der Waals surface area contributed by atoms with Crippen LogP contribution in [-0.4, -0.2) is 39.9 Å². The molecule has 6 nitrogen and oxygen atoms in total. The van der Waals surface area contributed by atoms with Gasteiger partial charge in [0.15, 0.2) is 0 Å². The Morgan fingerprint density at radius 1 is 1.26 bits per heavy atom. The van der Waals surface area contributed by atoms with Gasteiger partial charge in [-0.25, -0.2) is 4.79 Å². The number of rotatable bonds is 4. The summed E-state index contributed by atoms with van der Waals surface area (Å²) in [6.45, 7) is 6.34. The summed E-state index contributed by atoms with van der Waals surface area (Å²) in [5.41, 5.74) is 2.65. The van der Waals surface area contributed by atoms with Gasteiger partial charge < -0.3 is 20.2 Å². The van der Waals surface area contributed by atoms with Crippen molar-refractivity contribution in [2.75, 3.05) is 13.1 Å². The number of aromatic nitrogens is 2. The summed E-state index contributed by atoms with van der Waals surface area (Å²) in [4.78, 5) is 30.8. The van der Waals surface area contributed by atoms with Gasteiger partial charge in [0.1, 0.15) is 0 Å². The Kier molecular flexibility index (Phi) is 4.52. The number of aromatic amines is 2. The number of carbonyl (C=O) groups is 1. The number of hydrogen-bond donors (Lipinski definition) is 3. The molecule has 0 saturated carbocycles. The fraction of sp³-hybridized carbons (Fsp3) is 0.529. The van der Waals surface area contributed by atoms with Crippen LogP contribution >= 0.6 is 0 Å². The highest BCUT2D eigenvalue weighted by molar-refractivity contribution is 5.78. The second kappa shape index (κ2) is 6.58. The second-order valence-corrected chi connectivity index (χ2v) is 6.59. The van der Waals surface area contributed by atoms with E-state index in [1.54, 1.807) is 0 Å². The molecule has 0 spiro atoms. The van der Waals surface area contributed by atoms with Crippen LogP contribution in [0.4, 0.5) is 0 Å². The van der Waals surface area contributed by atoms with Gasteiger partial charge in [0.25, 0.3) is 0 Å². The van der Waals surface area contributed by atoms with Gasteiger partial charge in [-0.3, -0.25) is 4.79 Å². The predicted octanol–water partition coefficient (Wildman–Crippen LogP) is 1.59. The SMILES string of the molecule is CC(C)C(=O)N1CCC(NCc2ccc3[nH]c(=O)[nH]c3c2)CC1. The number of hydrogen-bond acceptors (Lipinski definition) is 3. The summed E-state index contributed by atoms with van der Waals surface area (Å²) in [6.07, 6.45) is 1.98. The van der Waals surface area contributed by atoms with E-state index < -0.39 is 0 Å². The molecule has 3 N–H and O–H groups in total. The van der Waals surface area contributed by atoms with E-state index in [1.165, 1.54) is 0 Å². The van der Waals surface area contributed by atoms with Crippen LogP contribution in [0.2, 0.25) is 0 Å². The lowest BCUT2D eigenvalue weighted by atomic mass is 10.0. The van der Waals surface area contributed by atoms with Crippen LogP contribution in [0, 0.1) is 5.92 Å². The molecular weight excluding hydrogens is 292 g/mol. The van der Waals surface area contributed by atoms with E-state index in [0.29, 0.717) is 6.04 Å². The van der Waals surface area contributed by atoms with Crippen molar-refractivity contribution < 1.29 is 4.79 Å². The van der Waals surface area contributed by atoms with Gasteiger partial charge in [0, 0.05) is 31.6 Å². The molecule has 1 aromatic carbocycles. The zero-order valence-electron chi connectivity index (χ0n) is 13.7. The van der Waals surface area contributed by atoms with Crippen molar-refractivity contribution in [2.24, 2.45) is 5.92 Å². The smallest absolute Gasteiger partial charge is 0.323 e. The van der Waals surface area contributed by atoms with Crippen molar-refractivity contribution >= 4 is 16.9 Å². The standard InChI is InChI=1S/C17H24N4O2/c1-11(2)16(22)21-7-5-13(6-8-21)18-10-12-3-4-14-15(9-12)20-17(23)19-14/h3-4,9,11,13,18H,5-8,10H2,1-2H3,(H2,19,20,23). The molecule has 0 aliphatic carbocycles. The van der Waals surface area contributed by atoms with Crippen LogP contribution in [0.5, 0.6) is 0 Å². The number of benzene rings is 1. The summed E-state index contributed by atoms with van der Waals surface area (Å²) in [5.74, 6) is 0.333. The van der Waals surface area contributed by atoms with E-state index in [-0.39, 0.29) is 17.5 Å². The molecule has 6 heteroatoms. The Bertz CT molecular complexity index is 738. The van der Waals surface area contributed by atoms with Gasteiger partial charge in [-0.05, 0) is 30.5 Å². The Hall–Kier alpha value is -2.08. The first-order valence-electron chi connectivity index (χ1n) is 8.26. The number of H-pyrrole nitrogens is 2. The molecule has 0 bridgehead atoms. The number of nitrogens with one attached hydrogen (secondary N) is 3. The highest BCUT2D eigenvalue weighted by Crippen LogP contribution is 2.15. The molecule has 0 unspecified atom stereocenters. The largest absolute Gasteiger partial charge is 0.342 e. The van der Waals surface area contributed by atoms with Crippen molar-refractivity contribution in [3.8, 4) is 0 Å². The van der Waals surface area contributed by atoms with Gasteiger partial charge in [-0.1, -0.05) is 19.9 Å². The van der Waals surface area contributed by atoms with Gasteiger partial charge in [0.2, 0.25) is 5.91 Å². The minimum Gasteiger partial charge on any atom is -0.342 e. The van der Waals surface area contributed by atoms with Crippen molar-refractivity contribution in [3.05, 3.63) is 34.2 Å². The maximum atomic E-state index is 12.0. The molecule has 1 amide bonds. The van der Waals surface area contributed by atoms with Crippen LogP contribution < -0.4 is 11.0 Å².